The van der Waals surface area contributed by atoms with E-state index in [2.05, 4.69) is 17.0 Å². The van der Waals surface area contributed by atoms with Crippen molar-refractivity contribution in [3.05, 3.63) is 23.8 Å². The van der Waals surface area contributed by atoms with E-state index in [-0.39, 0.29) is 35.4 Å². The highest BCUT2D eigenvalue weighted by molar-refractivity contribution is 7.89. The second-order valence-corrected chi connectivity index (χ2v) is 16.9. The predicted molar refractivity (Wildman–Crippen MR) is 195 cm³/mol. The van der Waals surface area contributed by atoms with Gasteiger partial charge in [-0.05, 0) is 59.2 Å². The molecule has 2 unspecified atom stereocenters. The van der Waals surface area contributed by atoms with Crippen LogP contribution in [0.4, 0.5) is 10.5 Å². The van der Waals surface area contributed by atoms with Crippen LogP contribution < -0.4 is 14.8 Å². The van der Waals surface area contributed by atoms with E-state index in [1.807, 2.05) is 0 Å². The number of hydrogen-bond acceptors (Lipinski definition) is 10. The van der Waals surface area contributed by atoms with Gasteiger partial charge in [0.2, 0.25) is 10.0 Å². The molecule has 0 radical (unpaired) electrons. The lowest BCUT2D eigenvalue weighted by Crippen LogP contribution is -2.55. The molecular weight excluding hydrogens is 678 g/mol. The Balaban J connectivity index is 2.09. The van der Waals surface area contributed by atoms with E-state index in [1.165, 1.54) is 70.6 Å². The number of imide groups is 1. The molecule has 1 aliphatic rings. The molecule has 1 aromatic carbocycles. The molecule has 2 atom stereocenters. The van der Waals surface area contributed by atoms with E-state index < -0.39 is 62.8 Å². The summed E-state index contributed by atoms with van der Waals surface area (Å²) in [5, 5.41) is 2.57. The second-order valence-electron chi connectivity index (χ2n) is 15.0. The van der Waals surface area contributed by atoms with Gasteiger partial charge in [0.15, 0.2) is 17.4 Å². The van der Waals surface area contributed by atoms with Crippen LogP contribution in [-0.2, 0) is 33.9 Å². The number of ether oxygens (including phenoxy) is 3. The van der Waals surface area contributed by atoms with Crippen molar-refractivity contribution in [3.63, 3.8) is 0 Å². The van der Waals surface area contributed by atoms with E-state index in [4.69, 9.17) is 14.2 Å². The third-order valence-electron chi connectivity index (χ3n) is 8.27. The number of cyclic esters (lactones) is 1. The van der Waals surface area contributed by atoms with Gasteiger partial charge in [0, 0.05) is 12.0 Å². The summed E-state index contributed by atoms with van der Waals surface area (Å²) in [5.74, 6) is -3.24. The number of Topliss-reactive ketones (excluding diaryl/α,β-unsaturated/α-hetero) is 1. The van der Waals surface area contributed by atoms with Gasteiger partial charge in [-0.1, -0.05) is 85.5 Å². The maximum Gasteiger partial charge on any atom is 0.418 e. The fourth-order valence-corrected chi connectivity index (χ4v) is 6.59. The third-order valence-corrected chi connectivity index (χ3v) is 9.70. The molecule has 51 heavy (non-hydrogen) atoms. The van der Waals surface area contributed by atoms with Crippen molar-refractivity contribution in [2.24, 2.45) is 5.41 Å². The number of ketones is 1. The number of sulfonamides is 1. The summed E-state index contributed by atoms with van der Waals surface area (Å²) in [6, 6.07) is 2.26. The van der Waals surface area contributed by atoms with Crippen LogP contribution in [0.5, 0.6) is 5.75 Å². The Bertz CT molecular complexity index is 1480. The van der Waals surface area contributed by atoms with Gasteiger partial charge in [-0.3, -0.25) is 14.4 Å². The van der Waals surface area contributed by atoms with Crippen LogP contribution in [0.3, 0.4) is 0 Å². The van der Waals surface area contributed by atoms with Crippen LogP contribution in [0.1, 0.15) is 137 Å². The summed E-state index contributed by atoms with van der Waals surface area (Å²) in [5.41, 5.74) is -2.73. The standard InChI is InChI=1S/C37H59N3O10S/c1-10-11-12-13-14-15-16-17-18-19-22-51(46,47)38-24-26(4)49-33(43)27-20-21-29(48-25(2)3)28(23-27)39-32(42)30(31(41)36(5,6)7)40-34(44)37(8,9)50-35(40)45/h20-21,23,25-26,30,38H,10-19,22,24H2,1-9H3,(H,39,42). The van der Waals surface area contributed by atoms with Crippen LogP contribution in [0.25, 0.3) is 0 Å². The monoisotopic (exact) mass is 737 g/mol. The van der Waals surface area contributed by atoms with Gasteiger partial charge in [0.1, 0.15) is 11.9 Å². The van der Waals surface area contributed by atoms with E-state index in [0.717, 1.165) is 19.3 Å². The number of nitrogens with zero attached hydrogens (tertiary/aromatic N) is 1. The van der Waals surface area contributed by atoms with Crippen LogP contribution in [0, 0.1) is 5.41 Å². The lowest BCUT2D eigenvalue weighted by atomic mass is 9.85. The molecule has 14 heteroatoms. The number of nitrogens with one attached hydrogen (secondary N) is 2. The van der Waals surface area contributed by atoms with Crippen LogP contribution in [-0.4, -0.2) is 79.1 Å². The zero-order valence-electron chi connectivity index (χ0n) is 31.9. The molecule has 1 aliphatic heterocycles. The van der Waals surface area contributed by atoms with E-state index in [1.54, 1.807) is 41.5 Å². The van der Waals surface area contributed by atoms with Crippen LogP contribution >= 0.6 is 0 Å². The first kappa shape index (κ1) is 43.6. The number of carbonyl (C=O) groups excluding carboxylic acids is 5. The van der Waals surface area contributed by atoms with Crippen molar-refractivity contribution in [3.8, 4) is 5.75 Å². The number of amides is 3. The Morgan fingerprint density at radius 1 is 0.922 bits per heavy atom. The first-order valence-electron chi connectivity index (χ1n) is 18.1. The van der Waals surface area contributed by atoms with Gasteiger partial charge in [0.05, 0.1) is 23.1 Å². The van der Waals surface area contributed by atoms with Crippen molar-refractivity contribution >= 4 is 45.4 Å². The normalized spacial score (nSPS) is 15.8. The highest BCUT2D eigenvalue weighted by Crippen LogP contribution is 2.32. The summed E-state index contributed by atoms with van der Waals surface area (Å²) in [6.45, 7) is 14.5. The van der Waals surface area contributed by atoms with Crippen molar-refractivity contribution < 1.29 is 46.6 Å². The van der Waals surface area contributed by atoms with Crippen molar-refractivity contribution in [2.75, 3.05) is 17.6 Å². The molecule has 0 bridgehead atoms. The molecule has 0 aromatic heterocycles. The molecular formula is C37H59N3O10S. The minimum absolute atomic E-state index is 0.00188. The quantitative estimate of drug-likeness (QED) is 0.0756. The molecule has 0 spiro atoms. The third kappa shape index (κ3) is 13.9. The first-order valence-corrected chi connectivity index (χ1v) is 19.8. The van der Waals surface area contributed by atoms with Crippen molar-refractivity contribution in [1.29, 1.82) is 0 Å². The average molecular weight is 738 g/mol. The van der Waals surface area contributed by atoms with Gasteiger partial charge in [-0.25, -0.2) is 27.6 Å². The van der Waals surface area contributed by atoms with Gasteiger partial charge in [0.25, 0.3) is 11.8 Å². The summed E-state index contributed by atoms with van der Waals surface area (Å²) >= 11 is 0. The highest BCUT2D eigenvalue weighted by atomic mass is 32.2. The number of unbranched alkanes of at least 4 members (excludes halogenated alkanes) is 9. The van der Waals surface area contributed by atoms with Gasteiger partial charge < -0.3 is 19.5 Å². The Labute approximate surface area is 304 Å². The van der Waals surface area contributed by atoms with Crippen LogP contribution in [0.2, 0.25) is 0 Å². The minimum Gasteiger partial charge on any atom is -0.489 e. The highest BCUT2D eigenvalue weighted by Gasteiger charge is 2.55. The second kappa shape index (κ2) is 19.4. The Morgan fingerprint density at radius 2 is 1.49 bits per heavy atom. The minimum atomic E-state index is -3.56. The fourth-order valence-electron chi connectivity index (χ4n) is 5.37. The molecule has 0 saturated carbocycles. The van der Waals surface area contributed by atoms with Gasteiger partial charge >= 0.3 is 12.1 Å². The summed E-state index contributed by atoms with van der Waals surface area (Å²) in [6.07, 6.45) is 8.59. The zero-order valence-corrected chi connectivity index (χ0v) is 32.7. The lowest BCUT2D eigenvalue weighted by molar-refractivity contribution is -0.145. The number of rotatable bonds is 22. The summed E-state index contributed by atoms with van der Waals surface area (Å²) in [4.78, 5) is 66.8. The number of hydrogen-bond donors (Lipinski definition) is 2. The molecule has 1 fully saturated rings. The molecule has 13 nitrogen and oxygen atoms in total. The SMILES string of the molecule is CCCCCCCCCCCCS(=O)(=O)NCC(C)OC(=O)c1ccc(OC(C)C)c(NC(=O)C(C(=O)C(C)(C)C)N2C(=O)OC(C)(C)C2=O)c1. The summed E-state index contributed by atoms with van der Waals surface area (Å²) in [7, 11) is -3.56. The van der Waals surface area contributed by atoms with E-state index in [0.29, 0.717) is 11.3 Å². The molecule has 1 heterocycles. The number of benzene rings is 1. The predicted octanol–water partition coefficient (Wildman–Crippen LogP) is 6.54. The van der Waals surface area contributed by atoms with Gasteiger partial charge in [-0.2, -0.15) is 0 Å². The average Bonchev–Trinajstić information content (AvgIpc) is 3.22. The van der Waals surface area contributed by atoms with Crippen molar-refractivity contribution in [2.45, 2.75) is 150 Å². The van der Waals surface area contributed by atoms with E-state index in [9.17, 15) is 32.4 Å². The molecule has 288 valence electrons. The smallest absolute Gasteiger partial charge is 0.418 e. The number of carbonyl (C=O) groups is 5. The first-order chi connectivity index (χ1) is 23.7. The maximum absolute atomic E-state index is 13.8. The topological polar surface area (TPSA) is 174 Å². The Hall–Kier alpha value is -3.52. The van der Waals surface area contributed by atoms with E-state index >= 15 is 0 Å². The maximum atomic E-state index is 13.8. The van der Waals surface area contributed by atoms with Gasteiger partial charge in [-0.15, -0.1) is 0 Å². The molecule has 2 N–H and O–H groups in total. The van der Waals surface area contributed by atoms with Crippen LogP contribution in [0.15, 0.2) is 18.2 Å². The molecule has 0 aliphatic carbocycles. The molecule has 1 saturated heterocycles. The molecule has 3 amide bonds. The Kier molecular flexibility index (Phi) is 16.6. The Morgan fingerprint density at radius 3 is 2.00 bits per heavy atom. The van der Waals surface area contributed by atoms with Crippen molar-refractivity contribution in [1.82, 2.24) is 9.62 Å². The summed E-state index contributed by atoms with van der Waals surface area (Å²) < 4.78 is 44.1. The number of esters is 1. The zero-order chi connectivity index (χ0) is 38.6. The molecule has 2 rings (SSSR count). The fraction of sp³-hybridized carbons (Fsp3) is 0.703. The molecule has 1 aromatic rings. The largest absolute Gasteiger partial charge is 0.489 e. The number of anilines is 1. The lowest BCUT2D eigenvalue weighted by Gasteiger charge is -2.29.